The average molecular weight is 390 g/mol. The van der Waals surface area contributed by atoms with Crippen molar-refractivity contribution in [3.05, 3.63) is 33.3 Å². The number of carboxylic acid groups (broad SMARTS) is 1. The Morgan fingerprint density at radius 1 is 1.22 bits per heavy atom. The van der Waals surface area contributed by atoms with E-state index in [1.807, 2.05) is 6.92 Å². The predicted molar refractivity (Wildman–Crippen MR) is 103 cm³/mol. The summed E-state index contributed by atoms with van der Waals surface area (Å²) in [7, 11) is 2.85. The van der Waals surface area contributed by atoms with Gasteiger partial charge >= 0.3 is 5.97 Å². The first-order valence-corrected chi connectivity index (χ1v) is 9.54. The lowest BCUT2D eigenvalue weighted by atomic mass is 10.1. The molecule has 2 N–H and O–H groups in total. The Morgan fingerprint density at radius 3 is 2.52 bits per heavy atom. The fraction of sp³-hybridized carbons (Fsp3) is 0.421. The van der Waals surface area contributed by atoms with Gasteiger partial charge in [-0.2, -0.15) is 0 Å². The fourth-order valence-corrected chi connectivity index (χ4v) is 4.47. The first-order chi connectivity index (χ1) is 12.9. The number of benzene rings is 1. The van der Waals surface area contributed by atoms with Crippen molar-refractivity contribution < 1.29 is 24.2 Å². The first-order valence-electron chi connectivity index (χ1n) is 8.72. The van der Waals surface area contributed by atoms with E-state index in [1.165, 1.54) is 50.5 Å². The molecule has 8 heteroatoms. The summed E-state index contributed by atoms with van der Waals surface area (Å²) in [6, 6.07) is 2.71. The van der Waals surface area contributed by atoms with E-state index < -0.39 is 5.97 Å². The maximum Gasteiger partial charge on any atom is 0.335 e. The molecule has 0 atom stereocenters. The lowest BCUT2D eigenvalue weighted by Crippen LogP contribution is -2.13. The molecular formula is C19H22N2O5S. The molecule has 0 aliphatic heterocycles. The van der Waals surface area contributed by atoms with Crippen LogP contribution in [0.5, 0.6) is 11.5 Å². The minimum Gasteiger partial charge on any atom is -0.493 e. The summed E-state index contributed by atoms with van der Waals surface area (Å²) in [4.78, 5) is 29.3. The Hall–Kier alpha value is -2.61. The summed E-state index contributed by atoms with van der Waals surface area (Å²) in [5, 5.41) is 13.1. The van der Waals surface area contributed by atoms with Crippen LogP contribution in [-0.4, -0.2) is 36.2 Å². The second-order valence-electron chi connectivity index (χ2n) is 6.47. The highest BCUT2D eigenvalue weighted by atomic mass is 32.1. The topological polar surface area (TPSA) is 97.8 Å². The van der Waals surface area contributed by atoms with Gasteiger partial charge in [0.2, 0.25) is 0 Å². The van der Waals surface area contributed by atoms with Crippen LogP contribution < -0.4 is 14.8 Å². The van der Waals surface area contributed by atoms with Gasteiger partial charge in [-0.25, -0.2) is 9.78 Å². The molecule has 0 saturated heterocycles. The Labute approximate surface area is 161 Å². The second kappa shape index (κ2) is 7.96. The average Bonchev–Trinajstić information content (AvgIpc) is 3.30. The third-order valence-electron chi connectivity index (χ3n) is 4.70. The van der Waals surface area contributed by atoms with Crippen LogP contribution in [0.4, 0.5) is 5.69 Å². The van der Waals surface area contributed by atoms with Crippen LogP contribution in [-0.2, 0) is 0 Å². The summed E-state index contributed by atoms with van der Waals surface area (Å²) >= 11 is 1.41. The number of ether oxygens (including phenoxy) is 2. The number of carboxylic acids is 1. The summed E-state index contributed by atoms with van der Waals surface area (Å²) in [5.41, 5.74) is 0.921. The van der Waals surface area contributed by atoms with E-state index in [0.717, 1.165) is 17.8 Å². The van der Waals surface area contributed by atoms with E-state index in [2.05, 4.69) is 10.3 Å². The number of carbonyl (C=O) groups excluding carboxylic acids is 1. The van der Waals surface area contributed by atoms with Crippen molar-refractivity contribution in [2.45, 2.75) is 38.5 Å². The molecule has 1 aliphatic rings. The number of hydrogen-bond acceptors (Lipinski definition) is 6. The third-order valence-corrected chi connectivity index (χ3v) is 6.02. The maximum absolute atomic E-state index is 12.8. The zero-order valence-electron chi connectivity index (χ0n) is 15.5. The van der Waals surface area contributed by atoms with Gasteiger partial charge in [-0.1, -0.05) is 12.8 Å². The number of hydrogen-bond donors (Lipinski definition) is 2. The van der Waals surface area contributed by atoms with E-state index in [4.69, 9.17) is 9.47 Å². The molecule has 1 aliphatic carbocycles. The molecule has 0 bridgehead atoms. The predicted octanol–water partition coefficient (Wildman–Crippen LogP) is 4.08. The molecule has 0 spiro atoms. The molecule has 1 heterocycles. The van der Waals surface area contributed by atoms with Gasteiger partial charge in [0.15, 0.2) is 11.5 Å². The summed E-state index contributed by atoms with van der Waals surface area (Å²) in [6.07, 6.45) is 4.62. The number of nitrogens with one attached hydrogen (secondary N) is 1. The monoisotopic (exact) mass is 390 g/mol. The van der Waals surface area contributed by atoms with Crippen LogP contribution in [0.2, 0.25) is 0 Å². The molecule has 1 saturated carbocycles. The van der Waals surface area contributed by atoms with Crippen molar-refractivity contribution in [3.8, 4) is 11.5 Å². The van der Waals surface area contributed by atoms with Gasteiger partial charge in [0.25, 0.3) is 5.91 Å². The molecule has 0 unspecified atom stereocenters. The molecule has 7 nitrogen and oxygen atoms in total. The van der Waals surface area contributed by atoms with Crippen LogP contribution in [0.3, 0.4) is 0 Å². The SMILES string of the molecule is COc1cc(C(=O)O)cc(NC(=O)c2sc(C3CCCC3)nc2C)c1OC. The van der Waals surface area contributed by atoms with Crippen LogP contribution in [0, 0.1) is 6.92 Å². The Kier molecular flexibility index (Phi) is 5.65. The number of aromatic carboxylic acids is 1. The molecule has 1 amide bonds. The minimum absolute atomic E-state index is 0.00405. The Bertz CT molecular complexity index is 871. The van der Waals surface area contributed by atoms with Gasteiger partial charge in [-0.15, -0.1) is 11.3 Å². The van der Waals surface area contributed by atoms with Crippen molar-refractivity contribution in [1.29, 1.82) is 0 Å². The number of methoxy groups -OCH3 is 2. The van der Waals surface area contributed by atoms with Gasteiger partial charge in [-0.3, -0.25) is 4.79 Å². The van der Waals surface area contributed by atoms with E-state index >= 15 is 0 Å². The fourth-order valence-electron chi connectivity index (χ4n) is 3.34. The molecule has 144 valence electrons. The normalized spacial score (nSPS) is 14.2. The summed E-state index contributed by atoms with van der Waals surface area (Å²) in [5.74, 6) is -0.518. The highest BCUT2D eigenvalue weighted by Crippen LogP contribution is 2.39. The molecule has 0 radical (unpaired) electrons. The first kappa shape index (κ1) is 19.2. The number of anilines is 1. The molecule has 1 aromatic heterocycles. The van der Waals surface area contributed by atoms with Crippen molar-refractivity contribution in [2.75, 3.05) is 19.5 Å². The maximum atomic E-state index is 12.8. The van der Waals surface area contributed by atoms with Gasteiger partial charge in [0.05, 0.1) is 36.2 Å². The van der Waals surface area contributed by atoms with Gasteiger partial charge in [0.1, 0.15) is 4.88 Å². The summed E-state index contributed by atoms with van der Waals surface area (Å²) in [6.45, 7) is 1.81. The highest BCUT2D eigenvalue weighted by Gasteiger charge is 2.25. The van der Waals surface area contributed by atoms with E-state index in [-0.39, 0.29) is 28.7 Å². The van der Waals surface area contributed by atoms with Crippen LogP contribution in [0.15, 0.2) is 12.1 Å². The summed E-state index contributed by atoms with van der Waals surface area (Å²) < 4.78 is 10.5. The largest absolute Gasteiger partial charge is 0.493 e. The Morgan fingerprint density at radius 2 is 1.93 bits per heavy atom. The molecule has 1 fully saturated rings. The number of amides is 1. The zero-order valence-corrected chi connectivity index (χ0v) is 16.3. The van der Waals surface area contributed by atoms with Gasteiger partial charge in [-0.05, 0) is 31.9 Å². The number of thiazole rings is 1. The molecule has 27 heavy (non-hydrogen) atoms. The number of carbonyl (C=O) groups is 2. The second-order valence-corrected chi connectivity index (χ2v) is 7.50. The molecule has 1 aromatic carbocycles. The smallest absolute Gasteiger partial charge is 0.335 e. The van der Waals surface area contributed by atoms with Crippen molar-refractivity contribution in [3.63, 3.8) is 0 Å². The van der Waals surface area contributed by atoms with Crippen LogP contribution in [0.1, 0.15) is 62.3 Å². The van der Waals surface area contributed by atoms with E-state index in [9.17, 15) is 14.7 Å². The lowest BCUT2D eigenvalue weighted by Gasteiger charge is -2.14. The molecular weight excluding hydrogens is 368 g/mol. The highest BCUT2D eigenvalue weighted by molar-refractivity contribution is 7.14. The number of rotatable bonds is 6. The van der Waals surface area contributed by atoms with Crippen LogP contribution >= 0.6 is 11.3 Å². The molecule has 3 rings (SSSR count). The van der Waals surface area contributed by atoms with E-state index in [0.29, 0.717) is 16.5 Å². The quantitative estimate of drug-likeness (QED) is 0.771. The molecule has 2 aromatic rings. The van der Waals surface area contributed by atoms with Gasteiger partial charge < -0.3 is 19.9 Å². The zero-order chi connectivity index (χ0) is 19.6. The Balaban J connectivity index is 1.91. The van der Waals surface area contributed by atoms with Gasteiger partial charge in [0, 0.05) is 5.92 Å². The number of aromatic nitrogens is 1. The lowest BCUT2D eigenvalue weighted by molar-refractivity contribution is 0.0696. The van der Waals surface area contributed by atoms with Crippen molar-refractivity contribution in [2.24, 2.45) is 0 Å². The number of aryl methyl sites for hydroxylation is 1. The minimum atomic E-state index is -1.12. The van der Waals surface area contributed by atoms with Crippen molar-refractivity contribution in [1.82, 2.24) is 4.98 Å². The van der Waals surface area contributed by atoms with Crippen molar-refractivity contribution >= 4 is 28.9 Å². The number of nitrogens with zero attached hydrogens (tertiary/aromatic N) is 1. The van der Waals surface area contributed by atoms with Crippen LogP contribution in [0.25, 0.3) is 0 Å². The standard InChI is InChI=1S/C19H22N2O5S/c1-10-16(27-18(20-10)11-6-4-5-7-11)17(22)21-13-8-12(19(23)24)9-14(25-2)15(13)26-3/h8-9,11H,4-7H2,1-3H3,(H,21,22)(H,23,24). The third kappa shape index (κ3) is 3.90. The van der Waals surface area contributed by atoms with E-state index in [1.54, 1.807) is 0 Å².